The van der Waals surface area contributed by atoms with Gasteiger partial charge in [0.2, 0.25) is 0 Å². The minimum Gasteiger partial charge on any atom is -0.466 e. The molecule has 0 aliphatic carbocycles. The van der Waals surface area contributed by atoms with Gasteiger partial charge in [-0.15, -0.1) is 0 Å². The van der Waals surface area contributed by atoms with Crippen molar-refractivity contribution in [1.82, 2.24) is 4.98 Å². The summed E-state index contributed by atoms with van der Waals surface area (Å²) in [4.78, 5) is 14.9. The van der Waals surface area contributed by atoms with Gasteiger partial charge in [0.1, 0.15) is 11.9 Å². The highest BCUT2D eigenvalue weighted by Crippen LogP contribution is 2.27. The highest BCUT2D eigenvalue weighted by Gasteiger charge is 2.24. The van der Waals surface area contributed by atoms with E-state index in [0.29, 0.717) is 0 Å². The van der Waals surface area contributed by atoms with E-state index in [1.54, 1.807) is 6.92 Å². The molecule has 0 aliphatic rings. The van der Waals surface area contributed by atoms with Gasteiger partial charge in [-0.05, 0) is 13.0 Å². The van der Waals surface area contributed by atoms with Gasteiger partial charge in [-0.1, -0.05) is 11.6 Å². The van der Waals surface area contributed by atoms with Crippen molar-refractivity contribution in [3.63, 3.8) is 0 Å². The van der Waals surface area contributed by atoms with E-state index >= 15 is 0 Å². The number of nitrogen functional groups attached to an aromatic ring is 1. The lowest BCUT2D eigenvalue weighted by atomic mass is 10.0. The number of anilines is 1. The van der Waals surface area contributed by atoms with Crippen molar-refractivity contribution in [1.29, 1.82) is 0 Å². The van der Waals surface area contributed by atoms with Gasteiger partial charge in [0.25, 0.3) is 0 Å². The Morgan fingerprint density at radius 3 is 2.83 bits per heavy atom. The number of pyridine rings is 1. The molecule has 1 aromatic heterocycles. The lowest BCUT2D eigenvalue weighted by Crippen LogP contribution is -2.23. The minimum atomic E-state index is -1.32. The highest BCUT2D eigenvalue weighted by atomic mass is 35.5. The summed E-state index contributed by atoms with van der Waals surface area (Å²) in [7, 11) is 0. The van der Waals surface area contributed by atoms with E-state index in [0.717, 1.165) is 0 Å². The SMILES string of the molecule is CCOC(=O)CC(O)C(O)c1cnc(N)cc1Cl. The molecule has 0 aliphatic heterocycles. The first-order valence-corrected chi connectivity index (χ1v) is 5.76. The van der Waals surface area contributed by atoms with Gasteiger partial charge in [-0.2, -0.15) is 0 Å². The highest BCUT2D eigenvalue weighted by molar-refractivity contribution is 6.31. The molecule has 0 aromatic carbocycles. The standard InChI is InChI=1S/C11H15ClN2O4/c1-2-18-10(16)4-8(15)11(17)6-5-14-9(13)3-7(6)12/h3,5,8,11,15,17H,2,4H2,1H3,(H2,13,14). The van der Waals surface area contributed by atoms with Crippen LogP contribution in [0, 0.1) is 0 Å². The van der Waals surface area contributed by atoms with Crippen molar-refractivity contribution in [3.05, 3.63) is 22.8 Å². The lowest BCUT2D eigenvalue weighted by molar-refractivity contribution is -0.147. The Balaban J connectivity index is 2.73. The maximum atomic E-state index is 11.2. The van der Waals surface area contributed by atoms with Gasteiger partial charge in [0.15, 0.2) is 0 Å². The van der Waals surface area contributed by atoms with E-state index in [1.165, 1.54) is 12.3 Å². The van der Waals surface area contributed by atoms with Crippen LogP contribution in [-0.4, -0.2) is 33.9 Å². The number of carbonyl (C=O) groups excluding carboxylic acids is 1. The van der Waals surface area contributed by atoms with Crippen LogP contribution in [0.25, 0.3) is 0 Å². The molecule has 2 unspecified atom stereocenters. The Labute approximate surface area is 109 Å². The zero-order valence-electron chi connectivity index (χ0n) is 9.84. The van der Waals surface area contributed by atoms with Crippen LogP contribution in [0.2, 0.25) is 5.02 Å². The molecule has 0 fully saturated rings. The second-order valence-corrected chi connectivity index (χ2v) is 4.06. The van der Waals surface area contributed by atoms with Crippen molar-refractivity contribution in [2.24, 2.45) is 0 Å². The van der Waals surface area contributed by atoms with E-state index in [2.05, 4.69) is 9.72 Å². The minimum absolute atomic E-state index is 0.179. The number of halogens is 1. The first kappa shape index (κ1) is 14.7. The number of nitrogens with zero attached hydrogens (tertiary/aromatic N) is 1. The van der Waals surface area contributed by atoms with E-state index in [-0.39, 0.29) is 29.4 Å². The molecular weight excluding hydrogens is 260 g/mol. The van der Waals surface area contributed by atoms with E-state index in [1.807, 2.05) is 0 Å². The molecule has 18 heavy (non-hydrogen) atoms. The Morgan fingerprint density at radius 1 is 1.61 bits per heavy atom. The number of hydrogen-bond donors (Lipinski definition) is 3. The molecule has 0 saturated carbocycles. The molecule has 6 nitrogen and oxygen atoms in total. The first-order chi connectivity index (χ1) is 8.45. The summed E-state index contributed by atoms with van der Waals surface area (Å²) in [5.74, 6) is -0.389. The molecule has 2 atom stereocenters. The van der Waals surface area contributed by atoms with Gasteiger partial charge in [0, 0.05) is 11.8 Å². The fourth-order valence-electron chi connectivity index (χ4n) is 1.38. The number of aliphatic hydroxyl groups is 2. The van der Waals surface area contributed by atoms with Crippen LogP contribution in [0.4, 0.5) is 5.82 Å². The maximum Gasteiger partial charge on any atom is 0.308 e. The molecular formula is C11H15ClN2O4. The van der Waals surface area contributed by atoms with E-state index < -0.39 is 18.2 Å². The zero-order chi connectivity index (χ0) is 13.7. The third kappa shape index (κ3) is 3.83. The normalized spacial score (nSPS) is 14.0. The molecule has 1 aromatic rings. The summed E-state index contributed by atoms with van der Waals surface area (Å²) in [5, 5.41) is 19.7. The zero-order valence-corrected chi connectivity index (χ0v) is 10.6. The van der Waals surface area contributed by atoms with Crippen molar-refractivity contribution >= 4 is 23.4 Å². The number of hydrogen-bond acceptors (Lipinski definition) is 6. The second-order valence-electron chi connectivity index (χ2n) is 3.65. The number of aromatic nitrogens is 1. The maximum absolute atomic E-state index is 11.2. The van der Waals surface area contributed by atoms with Gasteiger partial charge < -0.3 is 20.7 Å². The second kappa shape index (κ2) is 6.53. The Hall–Kier alpha value is -1.37. The van der Waals surface area contributed by atoms with Gasteiger partial charge >= 0.3 is 5.97 Å². The Kier molecular flexibility index (Phi) is 5.33. The van der Waals surface area contributed by atoms with E-state index in [4.69, 9.17) is 17.3 Å². The summed E-state index contributed by atoms with van der Waals surface area (Å²) >= 11 is 5.86. The fraction of sp³-hybridized carbons (Fsp3) is 0.455. The summed E-state index contributed by atoms with van der Waals surface area (Å²) in [5.41, 5.74) is 5.62. The van der Waals surface area contributed by atoms with Crippen molar-refractivity contribution in [3.8, 4) is 0 Å². The lowest BCUT2D eigenvalue weighted by Gasteiger charge is -2.18. The van der Waals surface area contributed by atoms with Gasteiger partial charge in [-0.3, -0.25) is 4.79 Å². The average molecular weight is 275 g/mol. The third-order valence-electron chi connectivity index (χ3n) is 2.27. The van der Waals surface area contributed by atoms with Crippen LogP contribution in [0.5, 0.6) is 0 Å². The number of esters is 1. The van der Waals surface area contributed by atoms with Crippen LogP contribution < -0.4 is 5.73 Å². The molecule has 0 saturated heterocycles. The monoisotopic (exact) mass is 274 g/mol. The molecule has 0 amide bonds. The summed E-state index contributed by atoms with van der Waals surface area (Å²) in [6, 6.07) is 1.36. The number of ether oxygens (including phenoxy) is 1. The Morgan fingerprint density at radius 2 is 2.28 bits per heavy atom. The fourth-order valence-corrected chi connectivity index (χ4v) is 1.66. The Bertz CT molecular complexity index is 428. The molecule has 7 heteroatoms. The molecule has 100 valence electrons. The van der Waals surface area contributed by atoms with Crippen LogP contribution in [0.15, 0.2) is 12.3 Å². The molecule has 1 rings (SSSR count). The van der Waals surface area contributed by atoms with Gasteiger partial charge in [0.05, 0.1) is 24.2 Å². The number of aliphatic hydroxyl groups excluding tert-OH is 2. The summed E-state index contributed by atoms with van der Waals surface area (Å²) < 4.78 is 4.67. The molecule has 4 N–H and O–H groups in total. The van der Waals surface area contributed by atoms with Crippen molar-refractivity contribution in [2.75, 3.05) is 12.3 Å². The number of carbonyl (C=O) groups is 1. The van der Waals surface area contributed by atoms with Crippen LogP contribution in [-0.2, 0) is 9.53 Å². The summed E-state index contributed by atoms with van der Waals surface area (Å²) in [6.45, 7) is 1.87. The van der Waals surface area contributed by atoms with Crippen molar-refractivity contribution in [2.45, 2.75) is 25.6 Å². The third-order valence-corrected chi connectivity index (χ3v) is 2.59. The molecule has 1 heterocycles. The van der Waals surface area contributed by atoms with Gasteiger partial charge in [-0.25, -0.2) is 4.98 Å². The molecule has 0 spiro atoms. The molecule has 0 bridgehead atoms. The van der Waals surface area contributed by atoms with Crippen LogP contribution in [0.1, 0.15) is 25.0 Å². The first-order valence-electron chi connectivity index (χ1n) is 5.38. The smallest absolute Gasteiger partial charge is 0.308 e. The summed E-state index contributed by atoms with van der Waals surface area (Å²) in [6.07, 6.45) is -1.70. The number of rotatable bonds is 5. The van der Waals surface area contributed by atoms with Crippen LogP contribution >= 0.6 is 11.6 Å². The average Bonchev–Trinajstić information content (AvgIpc) is 2.28. The quantitative estimate of drug-likeness (QED) is 0.681. The van der Waals surface area contributed by atoms with Crippen LogP contribution in [0.3, 0.4) is 0 Å². The van der Waals surface area contributed by atoms with E-state index in [9.17, 15) is 15.0 Å². The predicted molar refractivity (Wildman–Crippen MR) is 65.9 cm³/mol. The largest absolute Gasteiger partial charge is 0.466 e. The molecule has 0 radical (unpaired) electrons. The number of nitrogens with two attached hydrogens (primary N) is 1. The topological polar surface area (TPSA) is 106 Å². The predicted octanol–water partition coefficient (Wildman–Crippen LogP) is 0.665. The van der Waals surface area contributed by atoms with Crippen molar-refractivity contribution < 1.29 is 19.7 Å².